The maximum atomic E-state index is 12.3. The first-order chi connectivity index (χ1) is 10.2. The van der Waals surface area contributed by atoms with Crippen molar-refractivity contribution in [3.05, 3.63) is 50.9 Å². The molecule has 6 heteroatoms. The lowest BCUT2D eigenvalue weighted by Crippen LogP contribution is -2.29. The van der Waals surface area contributed by atoms with Crippen molar-refractivity contribution < 1.29 is 0 Å². The van der Waals surface area contributed by atoms with Crippen LogP contribution in [0.4, 0.5) is 11.4 Å². The number of nitrogens with one attached hydrogen (secondary N) is 1. The predicted molar refractivity (Wildman–Crippen MR) is 87.0 cm³/mol. The van der Waals surface area contributed by atoms with Gasteiger partial charge in [-0.2, -0.15) is 5.10 Å². The normalized spacial score (nSPS) is 14.7. The molecule has 5 nitrogen and oxygen atoms in total. The lowest BCUT2D eigenvalue weighted by molar-refractivity contribution is 0.611. The second-order valence-electron chi connectivity index (χ2n) is 4.92. The van der Waals surface area contributed by atoms with E-state index in [2.05, 4.69) is 43.4 Å². The molecule has 110 valence electrons. The van der Waals surface area contributed by atoms with Crippen LogP contribution in [0.25, 0.3) is 0 Å². The van der Waals surface area contributed by atoms with Crippen molar-refractivity contribution in [1.29, 1.82) is 0 Å². The summed E-state index contributed by atoms with van der Waals surface area (Å²) in [7, 11) is 0. The van der Waals surface area contributed by atoms with Gasteiger partial charge in [0.1, 0.15) is 4.47 Å². The van der Waals surface area contributed by atoms with Gasteiger partial charge in [0.2, 0.25) is 0 Å². The van der Waals surface area contributed by atoms with Crippen LogP contribution in [0.1, 0.15) is 12.5 Å². The smallest absolute Gasteiger partial charge is 0.283 e. The van der Waals surface area contributed by atoms with Gasteiger partial charge in [-0.1, -0.05) is 18.2 Å². The number of hydrogen-bond donors (Lipinski definition) is 1. The van der Waals surface area contributed by atoms with E-state index >= 15 is 0 Å². The van der Waals surface area contributed by atoms with Crippen molar-refractivity contribution in [1.82, 2.24) is 15.1 Å². The Morgan fingerprint density at radius 1 is 1.33 bits per heavy atom. The molecule has 0 amide bonds. The molecule has 0 atom stereocenters. The summed E-state index contributed by atoms with van der Waals surface area (Å²) < 4.78 is 2.02. The molecule has 0 radical (unpaired) electrons. The number of nitrogens with zero attached hydrogens (tertiary/aromatic N) is 3. The van der Waals surface area contributed by atoms with Crippen LogP contribution < -0.4 is 15.8 Å². The molecular weight excluding hydrogens is 332 g/mol. The van der Waals surface area contributed by atoms with Crippen LogP contribution in [0, 0.1) is 0 Å². The van der Waals surface area contributed by atoms with E-state index in [1.807, 2.05) is 19.1 Å². The Kier molecular flexibility index (Phi) is 4.07. The molecule has 0 saturated heterocycles. The molecule has 0 unspecified atom stereocenters. The zero-order valence-electron chi connectivity index (χ0n) is 11.8. The fraction of sp³-hybridized carbons (Fsp3) is 0.333. The van der Waals surface area contributed by atoms with E-state index in [-0.39, 0.29) is 5.56 Å². The minimum absolute atomic E-state index is 0.0929. The van der Waals surface area contributed by atoms with Crippen LogP contribution in [0.15, 0.2) is 39.7 Å². The molecule has 21 heavy (non-hydrogen) atoms. The van der Waals surface area contributed by atoms with Crippen molar-refractivity contribution in [3.63, 3.8) is 0 Å². The monoisotopic (exact) mass is 348 g/mol. The van der Waals surface area contributed by atoms with Crippen molar-refractivity contribution in [2.24, 2.45) is 0 Å². The van der Waals surface area contributed by atoms with Crippen LogP contribution in [-0.2, 0) is 13.1 Å². The summed E-state index contributed by atoms with van der Waals surface area (Å²) in [6, 6.07) is 8.24. The zero-order chi connectivity index (χ0) is 14.8. The Hall–Kier alpha value is -1.66. The number of aryl methyl sites for hydroxylation is 1. The largest absolute Gasteiger partial charge is 0.338 e. The van der Waals surface area contributed by atoms with Gasteiger partial charge in [0.15, 0.2) is 0 Å². The minimum Gasteiger partial charge on any atom is -0.338 e. The zero-order valence-corrected chi connectivity index (χ0v) is 13.4. The number of hydrogen-bond acceptors (Lipinski definition) is 4. The Labute approximate surface area is 131 Å². The lowest BCUT2D eigenvalue weighted by Gasteiger charge is -2.25. The highest BCUT2D eigenvalue weighted by molar-refractivity contribution is 9.10. The molecular formula is C15H17BrN4O. The van der Waals surface area contributed by atoms with Gasteiger partial charge < -0.3 is 10.2 Å². The summed E-state index contributed by atoms with van der Waals surface area (Å²) in [5, 5.41) is 7.65. The highest BCUT2D eigenvalue weighted by Gasteiger charge is 2.20. The molecule has 1 N–H and O–H groups in total. The van der Waals surface area contributed by atoms with Crippen LogP contribution in [-0.4, -0.2) is 22.9 Å². The highest BCUT2D eigenvalue weighted by Crippen LogP contribution is 2.32. The van der Waals surface area contributed by atoms with Gasteiger partial charge in [-0.05, 0) is 34.5 Å². The molecule has 2 heterocycles. The topological polar surface area (TPSA) is 50.2 Å². The van der Waals surface area contributed by atoms with E-state index in [1.165, 1.54) is 10.2 Å². The number of fused-ring (bicyclic) bond motifs is 1. The number of rotatable bonds is 2. The average Bonchev–Trinajstić information content (AvgIpc) is 2.72. The number of halogens is 1. The van der Waals surface area contributed by atoms with Crippen molar-refractivity contribution in [3.8, 4) is 0 Å². The maximum Gasteiger partial charge on any atom is 0.283 e. The molecule has 0 saturated carbocycles. The summed E-state index contributed by atoms with van der Waals surface area (Å²) in [4.78, 5) is 14.4. The van der Waals surface area contributed by atoms with E-state index in [4.69, 9.17) is 0 Å². The van der Waals surface area contributed by atoms with E-state index in [9.17, 15) is 4.79 Å². The van der Waals surface area contributed by atoms with Crippen LogP contribution in [0.2, 0.25) is 0 Å². The molecule has 1 aliphatic heterocycles. The quantitative estimate of drug-likeness (QED) is 0.904. The Bertz CT molecular complexity index is 713. The van der Waals surface area contributed by atoms with E-state index < -0.39 is 0 Å². The molecule has 0 spiro atoms. The SMILES string of the molecule is CCn1ncc(N2CCNCc3ccccc32)c(Br)c1=O. The molecule has 1 aromatic carbocycles. The van der Waals surface area contributed by atoms with Crippen LogP contribution in [0.5, 0.6) is 0 Å². The summed E-state index contributed by atoms with van der Waals surface area (Å²) in [6.07, 6.45) is 1.76. The third-order valence-electron chi connectivity index (χ3n) is 3.67. The second kappa shape index (κ2) is 5.99. The van der Waals surface area contributed by atoms with E-state index in [0.29, 0.717) is 11.0 Å². The number of aromatic nitrogens is 2. The second-order valence-corrected chi connectivity index (χ2v) is 5.71. The molecule has 1 aliphatic rings. The Morgan fingerprint density at radius 3 is 2.95 bits per heavy atom. The fourth-order valence-corrected chi connectivity index (χ4v) is 3.10. The van der Waals surface area contributed by atoms with Gasteiger partial charge in [-0.3, -0.25) is 4.79 Å². The third kappa shape index (κ3) is 2.61. The van der Waals surface area contributed by atoms with Crippen LogP contribution in [0.3, 0.4) is 0 Å². The van der Waals surface area contributed by atoms with Crippen LogP contribution >= 0.6 is 15.9 Å². The highest BCUT2D eigenvalue weighted by atomic mass is 79.9. The molecule has 0 bridgehead atoms. The molecule has 2 aromatic rings. The first kappa shape index (κ1) is 14.3. The average molecular weight is 349 g/mol. The van der Waals surface area contributed by atoms with Gasteiger partial charge in [-0.15, -0.1) is 0 Å². The minimum atomic E-state index is -0.0929. The number of para-hydroxylation sites is 1. The third-order valence-corrected chi connectivity index (χ3v) is 4.41. The van der Waals surface area contributed by atoms with Gasteiger partial charge in [0.25, 0.3) is 5.56 Å². The van der Waals surface area contributed by atoms with Gasteiger partial charge in [-0.25, -0.2) is 4.68 Å². The Morgan fingerprint density at radius 2 is 2.14 bits per heavy atom. The van der Waals surface area contributed by atoms with Crippen molar-refractivity contribution in [2.75, 3.05) is 18.0 Å². The summed E-state index contributed by atoms with van der Waals surface area (Å²) in [6.45, 7) is 4.97. The molecule has 1 aromatic heterocycles. The first-order valence-electron chi connectivity index (χ1n) is 7.04. The molecule has 0 fully saturated rings. The Balaban J connectivity index is 2.12. The molecule has 0 aliphatic carbocycles. The summed E-state index contributed by atoms with van der Waals surface area (Å²) in [5.41, 5.74) is 3.07. The van der Waals surface area contributed by atoms with E-state index in [1.54, 1.807) is 6.20 Å². The first-order valence-corrected chi connectivity index (χ1v) is 7.83. The van der Waals surface area contributed by atoms with Gasteiger partial charge in [0, 0.05) is 31.9 Å². The molecule has 3 rings (SSSR count). The van der Waals surface area contributed by atoms with Gasteiger partial charge >= 0.3 is 0 Å². The number of benzene rings is 1. The number of anilines is 2. The standard InChI is InChI=1S/C15H17BrN4O/c1-2-20-15(21)14(16)13(10-18-20)19-8-7-17-9-11-5-3-4-6-12(11)19/h3-6,10,17H,2,7-9H2,1H3. The summed E-state index contributed by atoms with van der Waals surface area (Å²) in [5.74, 6) is 0. The van der Waals surface area contributed by atoms with E-state index in [0.717, 1.165) is 31.0 Å². The maximum absolute atomic E-state index is 12.3. The van der Waals surface area contributed by atoms with Crippen molar-refractivity contribution >= 4 is 27.3 Å². The fourth-order valence-electron chi connectivity index (χ4n) is 2.58. The summed E-state index contributed by atoms with van der Waals surface area (Å²) >= 11 is 3.45. The predicted octanol–water partition coefficient (Wildman–Crippen LogP) is 2.27. The lowest BCUT2D eigenvalue weighted by atomic mass is 10.1. The van der Waals surface area contributed by atoms with Crippen molar-refractivity contribution in [2.45, 2.75) is 20.0 Å². The van der Waals surface area contributed by atoms with Gasteiger partial charge in [0.05, 0.1) is 11.9 Å².